The Hall–Kier alpha value is -2.69. The molecule has 0 aliphatic carbocycles. The molecule has 0 bridgehead atoms. The number of anilines is 1. The van der Waals surface area contributed by atoms with Crippen LogP contribution in [0.5, 0.6) is 11.5 Å². The Labute approximate surface area is 192 Å². The van der Waals surface area contributed by atoms with Crippen LogP contribution in [0.3, 0.4) is 0 Å². The Balaban J connectivity index is 1.66. The van der Waals surface area contributed by atoms with Crippen LogP contribution < -0.4 is 4.90 Å². The summed E-state index contributed by atoms with van der Waals surface area (Å²) in [6.07, 6.45) is 1.13. The summed E-state index contributed by atoms with van der Waals surface area (Å²) >= 11 is 0. The number of aryl methyl sites for hydroxylation is 1. The Kier molecular flexibility index (Phi) is 6.77. The molecule has 2 aromatic carbocycles. The maximum Gasteiger partial charge on any atom is 0.223 e. The maximum absolute atomic E-state index is 12.9. The molecule has 5 nitrogen and oxygen atoms in total. The molecule has 1 fully saturated rings. The van der Waals surface area contributed by atoms with E-state index in [0.717, 1.165) is 35.5 Å². The van der Waals surface area contributed by atoms with Crippen LogP contribution in [0.15, 0.2) is 36.4 Å². The first-order valence-corrected chi connectivity index (χ1v) is 11.5. The molecule has 174 valence electrons. The van der Waals surface area contributed by atoms with E-state index in [-0.39, 0.29) is 22.5 Å². The first kappa shape index (κ1) is 24.0. The molecule has 0 spiro atoms. The zero-order chi connectivity index (χ0) is 23.7. The number of benzene rings is 2. The van der Waals surface area contributed by atoms with Gasteiger partial charge in [-0.3, -0.25) is 4.79 Å². The van der Waals surface area contributed by atoms with E-state index < -0.39 is 0 Å². The molecule has 0 atom stereocenters. The highest BCUT2D eigenvalue weighted by molar-refractivity contribution is 5.77. The molecule has 32 heavy (non-hydrogen) atoms. The molecule has 1 heterocycles. The van der Waals surface area contributed by atoms with Gasteiger partial charge >= 0.3 is 0 Å². The molecule has 0 saturated carbocycles. The maximum atomic E-state index is 12.9. The summed E-state index contributed by atoms with van der Waals surface area (Å²) in [5.41, 5.74) is 3.62. The van der Waals surface area contributed by atoms with Gasteiger partial charge in [-0.15, -0.1) is 0 Å². The quantitative estimate of drug-likeness (QED) is 0.707. The van der Waals surface area contributed by atoms with Crippen LogP contribution in [0, 0.1) is 0 Å². The van der Waals surface area contributed by atoms with E-state index in [1.807, 2.05) is 17.0 Å². The Morgan fingerprint density at radius 3 is 1.94 bits per heavy atom. The molecular formula is C27H38N2O3. The van der Waals surface area contributed by atoms with Gasteiger partial charge in [0.1, 0.15) is 11.5 Å². The molecule has 2 aromatic rings. The Morgan fingerprint density at radius 2 is 1.44 bits per heavy atom. The Morgan fingerprint density at radius 1 is 0.875 bits per heavy atom. The van der Waals surface area contributed by atoms with E-state index in [1.54, 1.807) is 12.1 Å². The van der Waals surface area contributed by atoms with Gasteiger partial charge in [-0.05, 0) is 46.1 Å². The van der Waals surface area contributed by atoms with E-state index in [1.165, 1.54) is 0 Å². The normalized spacial score (nSPS) is 15.2. The van der Waals surface area contributed by atoms with E-state index in [9.17, 15) is 15.0 Å². The van der Waals surface area contributed by atoms with Crippen LogP contribution in [-0.2, 0) is 22.0 Å². The molecule has 5 heteroatoms. The van der Waals surface area contributed by atoms with Gasteiger partial charge in [0.25, 0.3) is 0 Å². The van der Waals surface area contributed by atoms with E-state index in [0.29, 0.717) is 31.7 Å². The molecule has 1 saturated heterocycles. The van der Waals surface area contributed by atoms with Gasteiger partial charge in [-0.1, -0.05) is 59.7 Å². The summed E-state index contributed by atoms with van der Waals surface area (Å²) in [4.78, 5) is 17.1. The highest BCUT2D eigenvalue weighted by Gasteiger charge is 2.27. The van der Waals surface area contributed by atoms with Crippen LogP contribution in [0.25, 0.3) is 0 Å². The number of piperazine rings is 1. The summed E-state index contributed by atoms with van der Waals surface area (Å²) in [5.74, 6) is 0.811. The molecule has 0 unspecified atom stereocenters. The van der Waals surface area contributed by atoms with Gasteiger partial charge in [-0.2, -0.15) is 0 Å². The first-order valence-electron chi connectivity index (χ1n) is 11.5. The average Bonchev–Trinajstić information content (AvgIpc) is 2.71. The van der Waals surface area contributed by atoms with Crippen molar-refractivity contribution in [3.63, 3.8) is 0 Å². The monoisotopic (exact) mass is 438 g/mol. The zero-order valence-electron chi connectivity index (χ0n) is 20.4. The van der Waals surface area contributed by atoms with Crippen molar-refractivity contribution in [2.75, 3.05) is 31.1 Å². The zero-order valence-corrected chi connectivity index (χ0v) is 20.4. The third-order valence-electron chi connectivity index (χ3n) is 6.24. The number of nitrogens with zero attached hydrogens (tertiary/aromatic N) is 2. The number of hydrogen-bond acceptors (Lipinski definition) is 4. The second kappa shape index (κ2) is 9.05. The molecule has 1 aliphatic rings. The van der Waals surface area contributed by atoms with Gasteiger partial charge < -0.3 is 20.0 Å². The topological polar surface area (TPSA) is 64.0 Å². The van der Waals surface area contributed by atoms with Gasteiger partial charge in [-0.25, -0.2) is 0 Å². The highest BCUT2D eigenvalue weighted by atomic mass is 16.3. The molecule has 0 radical (unpaired) electrons. The first-order chi connectivity index (χ1) is 14.9. The number of aromatic hydroxyl groups is 2. The van der Waals surface area contributed by atoms with Crippen LogP contribution in [0.2, 0.25) is 0 Å². The molecular weight excluding hydrogens is 400 g/mol. The van der Waals surface area contributed by atoms with Crippen molar-refractivity contribution >= 4 is 11.6 Å². The summed E-state index contributed by atoms with van der Waals surface area (Å²) in [6, 6.07) is 11.4. The average molecular weight is 439 g/mol. The Bertz CT molecular complexity index is 927. The number of rotatable bonds is 4. The van der Waals surface area contributed by atoms with Gasteiger partial charge in [0.05, 0.1) is 0 Å². The highest BCUT2D eigenvalue weighted by Crippen LogP contribution is 2.40. The minimum Gasteiger partial charge on any atom is -0.508 e. The van der Waals surface area contributed by atoms with Crippen molar-refractivity contribution in [2.45, 2.75) is 65.2 Å². The molecule has 3 rings (SSSR count). The third kappa shape index (κ3) is 5.56. The van der Waals surface area contributed by atoms with Crippen molar-refractivity contribution in [1.29, 1.82) is 0 Å². The number of hydrogen-bond donors (Lipinski definition) is 2. The number of phenols is 2. The predicted molar refractivity (Wildman–Crippen MR) is 131 cm³/mol. The van der Waals surface area contributed by atoms with Gasteiger partial charge in [0.15, 0.2) is 0 Å². The second-order valence-corrected chi connectivity index (χ2v) is 10.9. The van der Waals surface area contributed by atoms with Crippen LogP contribution in [0.1, 0.15) is 64.7 Å². The third-order valence-corrected chi connectivity index (χ3v) is 6.24. The lowest BCUT2D eigenvalue weighted by Crippen LogP contribution is -2.48. The van der Waals surface area contributed by atoms with Gasteiger partial charge in [0.2, 0.25) is 5.91 Å². The van der Waals surface area contributed by atoms with Crippen LogP contribution in [0.4, 0.5) is 5.69 Å². The number of carbonyl (C=O) groups excluding carboxylic acids is 1. The van der Waals surface area contributed by atoms with Crippen molar-refractivity contribution in [2.24, 2.45) is 0 Å². The lowest BCUT2D eigenvalue weighted by Gasteiger charge is -2.36. The molecule has 1 aliphatic heterocycles. The SMILES string of the molecule is CC(C)(C)c1cc(CCC(=O)N2CCN(c3cccc(O)c3)CC2)cc(C(C)(C)C)c1O. The minimum atomic E-state index is -0.174. The van der Waals surface area contributed by atoms with Crippen molar-refractivity contribution in [3.8, 4) is 11.5 Å². The van der Waals surface area contributed by atoms with Crippen LogP contribution >= 0.6 is 0 Å². The van der Waals surface area contributed by atoms with Crippen molar-refractivity contribution < 1.29 is 15.0 Å². The number of carbonyl (C=O) groups is 1. The molecule has 0 aromatic heterocycles. The predicted octanol–water partition coefficient (Wildman–Crippen LogP) is 4.97. The summed E-state index contributed by atoms with van der Waals surface area (Å²) in [7, 11) is 0. The standard InChI is InChI=1S/C27H38N2O3/c1-26(2,3)22-16-19(17-23(25(22)32)27(4,5)6)10-11-24(31)29-14-12-28(13-15-29)20-8-7-9-21(30)18-20/h7-9,16-18,30,32H,10-15H2,1-6H3. The number of phenolic OH excluding ortho intramolecular Hbond substituents is 2. The lowest BCUT2D eigenvalue weighted by atomic mass is 9.78. The molecule has 1 amide bonds. The minimum absolute atomic E-state index is 0.170. The van der Waals surface area contributed by atoms with E-state index in [2.05, 4.69) is 58.6 Å². The fourth-order valence-electron chi connectivity index (χ4n) is 4.30. The van der Waals surface area contributed by atoms with Crippen LogP contribution in [-0.4, -0.2) is 47.2 Å². The summed E-state index contributed by atoms with van der Waals surface area (Å²) < 4.78 is 0. The summed E-state index contributed by atoms with van der Waals surface area (Å²) in [6.45, 7) is 15.5. The summed E-state index contributed by atoms with van der Waals surface area (Å²) in [5, 5.41) is 20.6. The van der Waals surface area contributed by atoms with Gasteiger partial charge in [0, 0.05) is 44.4 Å². The van der Waals surface area contributed by atoms with E-state index in [4.69, 9.17) is 0 Å². The van der Waals surface area contributed by atoms with E-state index >= 15 is 0 Å². The fourth-order valence-corrected chi connectivity index (χ4v) is 4.30. The van der Waals surface area contributed by atoms with Crippen molar-refractivity contribution in [1.82, 2.24) is 4.90 Å². The fraction of sp³-hybridized carbons (Fsp3) is 0.519. The van der Waals surface area contributed by atoms with Crippen molar-refractivity contribution in [3.05, 3.63) is 53.1 Å². The largest absolute Gasteiger partial charge is 0.508 e. The lowest BCUT2D eigenvalue weighted by molar-refractivity contribution is -0.131. The second-order valence-electron chi connectivity index (χ2n) is 10.9. The molecule has 2 N–H and O–H groups in total. The number of amides is 1. The smallest absolute Gasteiger partial charge is 0.223 e.